The number of hydrogen-bond donors (Lipinski definition) is 1. The first-order valence-electron chi connectivity index (χ1n) is 12.3. The largest absolute Gasteiger partial charge is 0.354 e. The third kappa shape index (κ3) is 5.61. The van der Waals surface area contributed by atoms with Crippen LogP contribution in [0.1, 0.15) is 12.5 Å². The average molecular weight is 507 g/mol. The van der Waals surface area contributed by atoms with Crippen molar-refractivity contribution >= 4 is 38.5 Å². The van der Waals surface area contributed by atoms with Gasteiger partial charge in [-0.25, -0.2) is 24.3 Å². The number of fused-ring (bicyclic) bond motifs is 1. The molecule has 3 aromatic heterocycles. The van der Waals surface area contributed by atoms with Crippen molar-refractivity contribution in [2.24, 2.45) is 0 Å². The highest BCUT2D eigenvalue weighted by atomic mass is 32.1. The van der Waals surface area contributed by atoms with Crippen molar-refractivity contribution < 1.29 is 4.39 Å². The third-order valence-electron chi connectivity index (χ3n) is 6.47. The second-order valence-electron chi connectivity index (χ2n) is 9.17. The molecule has 5 rings (SSSR count). The zero-order valence-corrected chi connectivity index (χ0v) is 21.7. The van der Waals surface area contributed by atoms with Crippen LogP contribution in [0, 0.1) is 5.82 Å². The molecule has 1 saturated heterocycles. The second kappa shape index (κ2) is 10.8. The number of piperazine rings is 1. The first kappa shape index (κ1) is 24.5. The lowest BCUT2D eigenvalue weighted by Crippen LogP contribution is -2.46. The van der Waals surface area contributed by atoms with Gasteiger partial charge in [-0.2, -0.15) is 0 Å². The van der Waals surface area contributed by atoms with Gasteiger partial charge in [0.05, 0.1) is 16.4 Å². The number of benzene rings is 1. The number of likely N-dealkylation sites (N-methyl/N-ethyl adjacent to an activating group) is 1. The van der Waals surface area contributed by atoms with Crippen LogP contribution < -0.4 is 10.2 Å². The SMILES string of the molecule is CCN1CCN(CCc2ccc(Nc3ncc(F)c(-c4ccc5nc(N(C)C)sc5c4)n3)nc2)CC1. The standard InChI is InChI=1S/C26H31FN8S/c1-4-34-11-13-35(14-12-34)10-9-18-5-8-23(28-16-18)31-25-29-17-20(27)24(32-25)19-6-7-21-22(15-19)36-26(30-21)33(2)3/h5-8,15-17H,4,9-14H2,1-3H3,(H,28,29,31,32). The highest BCUT2D eigenvalue weighted by Crippen LogP contribution is 2.32. The van der Waals surface area contributed by atoms with E-state index < -0.39 is 5.82 Å². The van der Waals surface area contributed by atoms with Crippen molar-refractivity contribution in [3.63, 3.8) is 0 Å². The molecule has 1 aliphatic heterocycles. The molecule has 0 spiro atoms. The highest BCUT2D eigenvalue weighted by molar-refractivity contribution is 7.22. The predicted molar refractivity (Wildman–Crippen MR) is 145 cm³/mol. The van der Waals surface area contributed by atoms with Gasteiger partial charge in [0.15, 0.2) is 10.9 Å². The zero-order chi connectivity index (χ0) is 25.1. The molecule has 36 heavy (non-hydrogen) atoms. The molecule has 10 heteroatoms. The van der Waals surface area contributed by atoms with Crippen molar-refractivity contribution in [2.45, 2.75) is 13.3 Å². The van der Waals surface area contributed by atoms with Crippen LogP contribution in [0.5, 0.6) is 0 Å². The zero-order valence-electron chi connectivity index (χ0n) is 20.9. The summed E-state index contributed by atoms with van der Waals surface area (Å²) in [5, 5.41) is 4.01. The minimum absolute atomic E-state index is 0.244. The number of halogens is 1. The molecule has 0 radical (unpaired) electrons. The van der Waals surface area contributed by atoms with Crippen LogP contribution in [-0.2, 0) is 6.42 Å². The minimum atomic E-state index is -0.472. The monoisotopic (exact) mass is 506 g/mol. The Bertz CT molecular complexity index is 1320. The van der Waals surface area contributed by atoms with Crippen molar-refractivity contribution in [3.05, 3.63) is 54.1 Å². The van der Waals surface area contributed by atoms with Crippen LogP contribution in [0.4, 0.5) is 21.3 Å². The number of nitrogens with zero attached hydrogens (tertiary/aromatic N) is 7. The van der Waals surface area contributed by atoms with Crippen molar-refractivity contribution in [1.82, 2.24) is 29.7 Å². The molecule has 188 valence electrons. The molecule has 1 N–H and O–H groups in total. The molecule has 0 bridgehead atoms. The number of rotatable bonds is 8. The number of nitrogens with one attached hydrogen (secondary N) is 1. The molecule has 8 nitrogen and oxygen atoms in total. The summed E-state index contributed by atoms with van der Waals surface area (Å²) in [6.07, 6.45) is 4.04. The summed E-state index contributed by atoms with van der Waals surface area (Å²) in [7, 11) is 3.91. The van der Waals surface area contributed by atoms with Crippen molar-refractivity contribution in [1.29, 1.82) is 0 Å². The van der Waals surface area contributed by atoms with Gasteiger partial charge < -0.3 is 20.0 Å². The van der Waals surface area contributed by atoms with E-state index in [1.165, 1.54) is 11.8 Å². The lowest BCUT2D eigenvalue weighted by Gasteiger charge is -2.33. The smallest absolute Gasteiger partial charge is 0.229 e. The Morgan fingerprint density at radius 1 is 1.00 bits per heavy atom. The summed E-state index contributed by atoms with van der Waals surface area (Å²) in [5.74, 6) is 0.459. The molecular weight excluding hydrogens is 475 g/mol. The molecule has 0 aliphatic carbocycles. The Morgan fingerprint density at radius 3 is 2.53 bits per heavy atom. The Labute approximate surface area is 214 Å². The average Bonchev–Trinajstić information content (AvgIpc) is 3.34. The molecule has 0 amide bonds. The van der Waals surface area contributed by atoms with E-state index in [1.54, 1.807) is 11.3 Å². The number of pyridine rings is 1. The molecule has 1 aromatic carbocycles. The lowest BCUT2D eigenvalue weighted by molar-refractivity contribution is 0.138. The summed E-state index contributed by atoms with van der Waals surface area (Å²) >= 11 is 1.56. The van der Waals surface area contributed by atoms with Crippen LogP contribution in [-0.4, -0.2) is 83.1 Å². The van der Waals surface area contributed by atoms with Crippen LogP contribution in [0.15, 0.2) is 42.7 Å². The molecule has 4 heterocycles. The summed E-state index contributed by atoms with van der Waals surface area (Å²) in [6.45, 7) is 8.92. The Kier molecular flexibility index (Phi) is 7.35. The minimum Gasteiger partial charge on any atom is -0.354 e. The lowest BCUT2D eigenvalue weighted by atomic mass is 10.1. The molecule has 4 aromatic rings. The first-order chi connectivity index (χ1) is 17.5. The maximum absolute atomic E-state index is 14.7. The van der Waals surface area contributed by atoms with Gasteiger partial charge >= 0.3 is 0 Å². The maximum atomic E-state index is 14.7. The van der Waals surface area contributed by atoms with Crippen LogP contribution >= 0.6 is 11.3 Å². The molecule has 1 fully saturated rings. The maximum Gasteiger partial charge on any atom is 0.229 e. The topological polar surface area (TPSA) is 73.3 Å². The number of anilines is 3. The molecule has 0 unspecified atom stereocenters. The van der Waals surface area contributed by atoms with Crippen LogP contribution in [0.3, 0.4) is 0 Å². The fraction of sp³-hybridized carbons (Fsp3) is 0.385. The van der Waals surface area contributed by atoms with Crippen molar-refractivity contribution in [3.8, 4) is 11.3 Å². The second-order valence-corrected chi connectivity index (χ2v) is 10.2. The van der Waals surface area contributed by atoms with Gasteiger partial charge in [-0.15, -0.1) is 0 Å². The number of aromatic nitrogens is 4. The number of thiazole rings is 1. The Morgan fingerprint density at radius 2 is 1.81 bits per heavy atom. The van der Waals surface area contributed by atoms with Gasteiger partial charge in [-0.1, -0.05) is 30.4 Å². The van der Waals surface area contributed by atoms with Gasteiger partial charge in [-0.05, 0) is 36.7 Å². The van der Waals surface area contributed by atoms with E-state index in [1.807, 2.05) is 49.5 Å². The van der Waals surface area contributed by atoms with Crippen molar-refractivity contribution in [2.75, 3.05) is 63.6 Å². The highest BCUT2D eigenvalue weighted by Gasteiger charge is 2.16. The van der Waals surface area contributed by atoms with E-state index in [0.717, 1.165) is 61.0 Å². The van der Waals surface area contributed by atoms with E-state index in [2.05, 4.69) is 48.0 Å². The fourth-order valence-corrected chi connectivity index (χ4v) is 5.19. The van der Waals surface area contributed by atoms with Crippen LogP contribution in [0.25, 0.3) is 21.5 Å². The third-order valence-corrected chi connectivity index (χ3v) is 7.66. The van der Waals surface area contributed by atoms with Gasteiger partial charge in [-0.3, -0.25) is 0 Å². The van der Waals surface area contributed by atoms with E-state index in [9.17, 15) is 4.39 Å². The normalized spacial score (nSPS) is 14.9. The molecule has 0 atom stereocenters. The van der Waals surface area contributed by atoms with E-state index in [0.29, 0.717) is 17.3 Å². The molecule has 0 saturated carbocycles. The molecule has 1 aliphatic rings. The fourth-order valence-electron chi connectivity index (χ4n) is 4.26. The summed E-state index contributed by atoms with van der Waals surface area (Å²) in [4.78, 5) is 24.6. The Balaban J connectivity index is 1.24. The van der Waals surface area contributed by atoms with Gasteiger partial charge in [0.2, 0.25) is 5.95 Å². The van der Waals surface area contributed by atoms with Crippen LogP contribution in [0.2, 0.25) is 0 Å². The Hall–Kier alpha value is -3.21. The van der Waals surface area contributed by atoms with Gasteiger partial charge in [0, 0.05) is 58.6 Å². The van der Waals surface area contributed by atoms with Gasteiger partial charge in [0.25, 0.3) is 0 Å². The van der Waals surface area contributed by atoms with E-state index in [4.69, 9.17) is 0 Å². The van der Waals surface area contributed by atoms with E-state index in [-0.39, 0.29) is 5.69 Å². The summed E-state index contributed by atoms with van der Waals surface area (Å²) in [5.41, 5.74) is 3.00. The number of hydrogen-bond acceptors (Lipinski definition) is 9. The summed E-state index contributed by atoms with van der Waals surface area (Å²) < 4.78 is 15.6. The first-order valence-corrected chi connectivity index (χ1v) is 13.1. The van der Waals surface area contributed by atoms with E-state index >= 15 is 0 Å². The molecular formula is C26H31FN8S. The predicted octanol–water partition coefficient (Wildman–Crippen LogP) is 4.28. The summed E-state index contributed by atoms with van der Waals surface area (Å²) in [6, 6.07) is 9.65. The quantitative estimate of drug-likeness (QED) is 0.380. The van der Waals surface area contributed by atoms with Gasteiger partial charge in [0.1, 0.15) is 11.5 Å².